The maximum Gasteiger partial charge on any atom is 0.238 e. The normalized spacial score (nSPS) is 23.6. The van der Waals surface area contributed by atoms with Crippen LogP contribution < -0.4 is 5.32 Å². The van der Waals surface area contributed by atoms with Gasteiger partial charge < -0.3 is 5.32 Å². The predicted octanol–water partition coefficient (Wildman–Crippen LogP) is 3.32. The zero-order chi connectivity index (χ0) is 14.5. The van der Waals surface area contributed by atoms with Crippen molar-refractivity contribution in [1.29, 1.82) is 0 Å². The molecule has 1 saturated heterocycles. The standard InChI is InChI=1S/C16H24N2OS/c1-12-8-13(2)10-18(9-12)11-16(19)17-14-6-4-5-7-15(14)20-3/h4-7,12-13H,8-11H2,1-3H3,(H,17,19)/t12-,13+. The van der Waals surface area contributed by atoms with Crippen LogP contribution in [0.4, 0.5) is 5.69 Å². The van der Waals surface area contributed by atoms with Crippen molar-refractivity contribution in [3.63, 3.8) is 0 Å². The van der Waals surface area contributed by atoms with E-state index in [1.54, 1.807) is 11.8 Å². The molecule has 20 heavy (non-hydrogen) atoms. The molecule has 1 heterocycles. The van der Waals surface area contributed by atoms with E-state index in [0.717, 1.165) is 23.7 Å². The molecule has 1 amide bonds. The number of carbonyl (C=O) groups excluding carboxylic acids is 1. The Labute approximate surface area is 126 Å². The number of benzene rings is 1. The molecule has 0 saturated carbocycles. The Balaban J connectivity index is 1.92. The number of carbonyl (C=O) groups is 1. The van der Waals surface area contributed by atoms with Crippen LogP contribution >= 0.6 is 11.8 Å². The third-order valence-corrected chi connectivity index (χ3v) is 4.49. The average molecular weight is 292 g/mol. The quantitative estimate of drug-likeness (QED) is 0.864. The molecule has 1 fully saturated rings. The number of thioether (sulfide) groups is 1. The van der Waals surface area contributed by atoms with Crippen LogP contribution in [0.3, 0.4) is 0 Å². The van der Waals surface area contributed by atoms with E-state index in [0.29, 0.717) is 18.4 Å². The highest BCUT2D eigenvalue weighted by atomic mass is 32.2. The van der Waals surface area contributed by atoms with Gasteiger partial charge in [-0.05, 0) is 36.6 Å². The second-order valence-corrected chi connectivity index (χ2v) is 6.74. The molecule has 1 N–H and O–H groups in total. The van der Waals surface area contributed by atoms with Crippen LogP contribution in [0.5, 0.6) is 0 Å². The Hall–Kier alpha value is -1.00. The van der Waals surface area contributed by atoms with Crippen LogP contribution in [0.25, 0.3) is 0 Å². The summed E-state index contributed by atoms with van der Waals surface area (Å²) in [6, 6.07) is 7.95. The number of nitrogens with zero attached hydrogens (tertiary/aromatic N) is 1. The summed E-state index contributed by atoms with van der Waals surface area (Å²) < 4.78 is 0. The fraction of sp³-hybridized carbons (Fsp3) is 0.562. The molecular formula is C16H24N2OS. The van der Waals surface area contributed by atoms with Crippen molar-refractivity contribution in [1.82, 2.24) is 4.90 Å². The number of anilines is 1. The van der Waals surface area contributed by atoms with Gasteiger partial charge in [0.05, 0.1) is 12.2 Å². The minimum atomic E-state index is 0.0906. The first-order valence-electron chi connectivity index (χ1n) is 7.23. The van der Waals surface area contributed by atoms with Crippen molar-refractivity contribution in [3.8, 4) is 0 Å². The molecule has 110 valence electrons. The van der Waals surface area contributed by atoms with Crippen LogP contribution in [0.15, 0.2) is 29.2 Å². The van der Waals surface area contributed by atoms with Gasteiger partial charge in [0.25, 0.3) is 0 Å². The van der Waals surface area contributed by atoms with Gasteiger partial charge in [-0.25, -0.2) is 0 Å². The Morgan fingerprint density at radius 3 is 2.60 bits per heavy atom. The molecule has 1 aliphatic heterocycles. The maximum absolute atomic E-state index is 12.2. The third-order valence-electron chi connectivity index (χ3n) is 3.69. The summed E-state index contributed by atoms with van der Waals surface area (Å²) in [6.07, 6.45) is 3.30. The highest BCUT2D eigenvalue weighted by molar-refractivity contribution is 7.98. The first-order chi connectivity index (χ1) is 9.58. The largest absolute Gasteiger partial charge is 0.324 e. The van der Waals surface area contributed by atoms with Gasteiger partial charge in [0.15, 0.2) is 0 Å². The number of hydrogen-bond acceptors (Lipinski definition) is 3. The Kier molecular flexibility index (Phi) is 5.49. The number of rotatable bonds is 4. The Morgan fingerprint density at radius 2 is 1.95 bits per heavy atom. The van der Waals surface area contributed by atoms with Gasteiger partial charge in [0.2, 0.25) is 5.91 Å². The number of para-hydroxylation sites is 1. The molecule has 0 aromatic heterocycles. The van der Waals surface area contributed by atoms with Gasteiger partial charge in [0.1, 0.15) is 0 Å². The first kappa shape index (κ1) is 15.4. The summed E-state index contributed by atoms with van der Waals surface area (Å²) in [5, 5.41) is 3.04. The van der Waals surface area contributed by atoms with Crippen molar-refractivity contribution in [2.45, 2.75) is 25.2 Å². The SMILES string of the molecule is CSc1ccccc1NC(=O)CN1C[C@H](C)C[C@H](C)C1. The molecule has 0 aliphatic carbocycles. The third kappa shape index (κ3) is 4.25. The number of likely N-dealkylation sites (tertiary alicyclic amines) is 1. The average Bonchev–Trinajstić information content (AvgIpc) is 2.37. The summed E-state index contributed by atoms with van der Waals surface area (Å²) >= 11 is 1.66. The van der Waals surface area contributed by atoms with Crippen molar-refractivity contribution in [3.05, 3.63) is 24.3 Å². The van der Waals surface area contributed by atoms with Gasteiger partial charge in [-0.1, -0.05) is 26.0 Å². The van der Waals surface area contributed by atoms with E-state index >= 15 is 0 Å². The van der Waals surface area contributed by atoms with Gasteiger partial charge >= 0.3 is 0 Å². The van der Waals surface area contributed by atoms with E-state index in [-0.39, 0.29) is 5.91 Å². The van der Waals surface area contributed by atoms with Crippen LogP contribution in [0, 0.1) is 11.8 Å². The minimum absolute atomic E-state index is 0.0906. The zero-order valence-electron chi connectivity index (χ0n) is 12.6. The van der Waals surface area contributed by atoms with Crippen LogP contribution in [-0.4, -0.2) is 36.7 Å². The second-order valence-electron chi connectivity index (χ2n) is 5.89. The maximum atomic E-state index is 12.2. The topological polar surface area (TPSA) is 32.3 Å². The first-order valence-corrected chi connectivity index (χ1v) is 8.46. The molecule has 1 aliphatic rings. The van der Waals surface area contributed by atoms with Crippen molar-refractivity contribution in [2.75, 3.05) is 31.2 Å². The van der Waals surface area contributed by atoms with Crippen molar-refractivity contribution < 1.29 is 4.79 Å². The number of amides is 1. The molecule has 0 bridgehead atoms. The van der Waals surface area contributed by atoms with E-state index in [1.807, 2.05) is 30.5 Å². The Morgan fingerprint density at radius 1 is 1.30 bits per heavy atom. The van der Waals surface area contributed by atoms with Gasteiger partial charge in [-0.3, -0.25) is 9.69 Å². The summed E-state index contributed by atoms with van der Waals surface area (Å²) in [5.74, 6) is 1.46. The lowest BCUT2D eigenvalue weighted by atomic mass is 9.92. The lowest BCUT2D eigenvalue weighted by Gasteiger charge is -2.34. The number of nitrogens with one attached hydrogen (secondary N) is 1. The molecule has 1 aromatic carbocycles. The highest BCUT2D eigenvalue weighted by Crippen LogP contribution is 2.25. The fourth-order valence-electron chi connectivity index (χ4n) is 3.06. The predicted molar refractivity (Wildman–Crippen MR) is 86.2 cm³/mol. The van der Waals surface area contributed by atoms with Crippen molar-refractivity contribution >= 4 is 23.4 Å². The van der Waals surface area contributed by atoms with Crippen LogP contribution in [0.1, 0.15) is 20.3 Å². The lowest BCUT2D eigenvalue weighted by molar-refractivity contribution is -0.117. The van der Waals surface area contributed by atoms with E-state index < -0.39 is 0 Å². The van der Waals surface area contributed by atoms with E-state index in [1.165, 1.54) is 6.42 Å². The highest BCUT2D eigenvalue weighted by Gasteiger charge is 2.23. The second kappa shape index (κ2) is 7.14. The molecule has 1 aromatic rings. The van der Waals surface area contributed by atoms with E-state index in [2.05, 4.69) is 24.1 Å². The number of hydrogen-bond donors (Lipinski definition) is 1. The Bertz CT molecular complexity index is 454. The van der Waals surface area contributed by atoms with Crippen LogP contribution in [0.2, 0.25) is 0 Å². The minimum Gasteiger partial charge on any atom is -0.324 e. The smallest absolute Gasteiger partial charge is 0.238 e. The van der Waals surface area contributed by atoms with E-state index in [4.69, 9.17) is 0 Å². The zero-order valence-corrected chi connectivity index (χ0v) is 13.4. The summed E-state index contributed by atoms with van der Waals surface area (Å²) in [4.78, 5) is 15.6. The van der Waals surface area contributed by atoms with Gasteiger partial charge in [-0.2, -0.15) is 0 Å². The van der Waals surface area contributed by atoms with Gasteiger partial charge in [-0.15, -0.1) is 11.8 Å². The summed E-state index contributed by atoms with van der Waals surface area (Å²) in [7, 11) is 0. The van der Waals surface area contributed by atoms with Crippen molar-refractivity contribution in [2.24, 2.45) is 11.8 Å². The van der Waals surface area contributed by atoms with Gasteiger partial charge in [0, 0.05) is 18.0 Å². The van der Waals surface area contributed by atoms with E-state index in [9.17, 15) is 4.79 Å². The molecule has 0 unspecified atom stereocenters. The molecule has 2 atom stereocenters. The molecule has 2 rings (SSSR count). The molecule has 3 nitrogen and oxygen atoms in total. The molecular weight excluding hydrogens is 268 g/mol. The fourth-order valence-corrected chi connectivity index (χ4v) is 3.62. The monoisotopic (exact) mass is 292 g/mol. The molecule has 4 heteroatoms. The molecule has 0 spiro atoms. The summed E-state index contributed by atoms with van der Waals surface area (Å²) in [6.45, 7) is 7.09. The summed E-state index contributed by atoms with van der Waals surface area (Å²) in [5.41, 5.74) is 0.920. The number of piperidine rings is 1. The van der Waals surface area contributed by atoms with Crippen LogP contribution in [-0.2, 0) is 4.79 Å². The lowest BCUT2D eigenvalue weighted by Crippen LogP contribution is -2.42. The molecule has 0 radical (unpaired) electrons.